The molecule has 116 valence electrons. The van der Waals surface area contributed by atoms with Crippen molar-refractivity contribution in [1.82, 2.24) is 4.31 Å². The van der Waals surface area contributed by atoms with E-state index in [1.165, 1.54) is 19.1 Å². The van der Waals surface area contributed by atoms with Crippen LogP contribution < -0.4 is 0 Å². The highest BCUT2D eigenvalue weighted by Gasteiger charge is 2.38. The molecular weight excluding hydrogens is 301 g/mol. The fourth-order valence-corrected chi connectivity index (χ4v) is 3.75. The molecule has 1 aliphatic heterocycles. The molecule has 0 spiro atoms. The lowest BCUT2D eigenvalue weighted by Crippen LogP contribution is -2.48. The highest BCUT2D eigenvalue weighted by atomic mass is 32.2. The van der Waals surface area contributed by atoms with E-state index < -0.39 is 33.8 Å². The van der Waals surface area contributed by atoms with Gasteiger partial charge in [-0.1, -0.05) is 6.07 Å². The van der Waals surface area contributed by atoms with Crippen molar-refractivity contribution in [2.24, 2.45) is 5.92 Å². The van der Waals surface area contributed by atoms with Gasteiger partial charge < -0.3 is 10.2 Å². The van der Waals surface area contributed by atoms with Crippen molar-refractivity contribution in [2.75, 3.05) is 13.1 Å². The van der Waals surface area contributed by atoms with Crippen LogP contribution in [0.1, 0.15) is 12.0 Å². The molecule has 21 heavy (non-hydrogen) atoms. The number of rotatable bonds is 3. The van der Waals surface area contributed by atoms with Crippen LogP contribution in [-0.2, 0) is 14.8 Å². The molecule has 8 heteroatoms. The van der Waals surface area contributed by atoms with Crippen molar-refractivity contribution in [3.63, 3.8) is 0 Å². The molecule has 0 aromatic heterocycles. The number of aliphatic hydroxyl groups is 1. The molecule has 0 amide bonds. The van der Waals surface area contributed by atoms with E-state index in [9.17, 15) is 22.7 Å². The van der Waals surface area contributed by atoms with Gasteiger partial charge in [-0.25, -0.2) is 12.8 Å². The van der Waals surface area contributed by atoms with Crippen LogP contribution in [0.4, 0.5) is 4.39 Å². The number of nitrogens with zero attached hydrogens (tertiary/aromatic N) is 1. The van der Waals surface area contributed by atoms with Crippen molar-refractivity contribution in [1.29, 1.82) is 0 Å². The average Bonchev–Trinajstić information content (AvgIpc) is 2.41. The van der Waals surface area contributed by atoms with Gasteiger partial charge in [-0.2, -0.15) is 4.31 Å². The number of carboxylic acids is 1. The van der Waals surface area contributed by atoms with Crippen LogP contribution in [-0.4, -0.2) is 48.1 Å². The molecule has 6 nitrogen and oxygen atoms in total. The molecule has 0 unspecified atom stereocenters. The number of aliphatic hydroxyl groups excluding tert-OH is 1. The van der Waals surface area contributed by atoms with E-state index in [2.05, 4.69) is 0 Å². The molecule has 1 aromatic carbocycles. The average molecular weight is 317 g/mol. The summed E-state index contributed by atoms with van der Waals surface area (Å²) in [6.45, 7) is 1.19. The number of hydrogen-bond acceptors (Lipinski definition) is 4. The Morgan fingerprint density at radius 3 is 2.67 bits per heavy atom. The number of aliphatic carboxylic acids is 1. The van der Waals surface area contributed by atoms with Gasteiger partial charge in [0.15, 0.2) is 0 Å². The minimum Gasteiger partial charge on any atom is -0.481 e. The third-order valence-corrected chi connectivity index (χ3v) is 5.50. The number of piperidine rings is 1. The number of carboxylic acid groups (broad SMARTS) is 1. The van der Waals surface area contributed by atoms with Gasteiger partial charge in [0.25, 0.3) is 0 Å². The van der Waals surface area contributed by atoms with E-state index >= 15 is 0 Å². The van der Waals surface area contributed by atoms with Gasteiger partial charge in [-0.05, 0) is 31.0 Å². The Hall–Kier alpha value is -1.51. The van der Waals surface area contributed by atoms with Crippen LogP contribution in [0.2, 0.25) is 0 Å². The Morgan fingerprint density at radius 2 is 2.10 bits per heavy atom. The molecule has 1 aromatic rings. The maximum absolute atomic E-state index is 13.5. The fraction of sp³-hybridized carbons (Fsp3) is 0.462. The molecule has 0 aliphatic carbocycles. The highest BCUT2D eigenvalue weighted by Crippen LogP contribution is 2.25. The number of halogens is 1. The first-order chi connectivity index (χ1) is 9.73. The lowest BCUT2D eigenvalue weighted by Gasteiger charge is -2.33. The summed E-state index contributed by atoms with van der Waals surface area (Å²) in [6, 6.07) is 3.57. The maximum atomic E-state index is 13.5. The number of benzene rings is 1. The fourth-order valence-electron chi connectivity index (χ4n) is 2.25. The third kappa shape index (κ3) is 3.07. The highest BCUT2D eigenvalue weighted by molar-refractivity contribution is 7.89. The quantitative estimate of drug-likeness (QED) is 0.851. The Kier molecular flexibility index (Phi) is 4.31. The Labute approximate surface area is 121 Å². The van der Waals surface area contributed by atoms with Crippen LogP contribution in [0, 0.1) is 18.7 Å². The summed E-state index contributed by atoms with van der Waals surface area (Å²) in [5, 5.41) is 18.6. The number of hydrogen-bond donors (Lipinski definition) is 2. The molecule has 0 saturated carbocycles. The maximum Gasteiger partial charge on any atom is 0.310 e. The Bertz CT molecular complexity index is 661. The second-order valence-electron chi connectivity index (χ2n) is 5.07. The molecule has 2 rings (SSSR count). The predicted octanol–water partition coefficient (Wildman–Crippen LogP) is 0.590. The van der Waals surface area contributed by atoms with E-state index in [1.807, 2.05) is 0 Å². The van der Waals surface area contributed by atoms with E-state index in [-0.39, 0.29) is 24.4 Å². The first kappa shape index (κ1) is 15.9. The zero-order valence-corrected chi connectivity index (χ0v) is 12.2. The largest absolute Gasteiger partial charge is 0.481 e. The zero-order valence-electron chi connectivity index (χ0n) is 11.4. The van der Waals surface area contributed by atoms with E-state index in [0.29, 0.717) is 5.56 Å². The summed E-state index contributed by atoms with van der Waals surface area (Å²) in [5.74, 6) is -3.07. The molecule has 1 heterocycles. The first-order valence-corrected chi connectivity index (χ1v) is 7.84. The smallest absolute Gasteiger partial charge is 0.310 e. The molecule has 1 fully saturated rings. The number of aryl methyl sites for hydroxylation is 1. The molecule has 0 bridgehead atoms. The first-order valence-electron chi connectivity index (χ1n) is 6.40. The molecule has 1 saturated heterocycles. The van der Waals surface area contributed by atoms with Crippen molar-refractivity contribution in [2.45, 2.75) is 24.3 Å². The van der Waals surface area contributed by atoms with Gasteiger partial charge in [0, 0.05) is 13.1 Å². The van der Waals surface area contributed by atoms with Gasteiger partial charge in [0.2, 0.25) is 10.0 Å². The van der Waals surface area contributed by atoms with Crippen LogP contribution in [0.25, 0.3) is 0 Å². The lowest BCUT2D eigenvalue weighted by molar-refractivity contribution is -0.147. The van der Waals surface area contributed by atoms with Gasteiger partial charge in [0.1, 0.15) is 5.82 Å². The summed E-state index contributed by atoms with van der Waals surface area (Å²) in [7, 11) is -3.97. The molecule has 0 radical (unpaired) electrons. The van der Waals surface area contributed by atoms with Crippen molar-refractivity contribution in [3.05, 3.63) is 29.6 Å². The summed E-state index contributed by atoms with van der Waals surface area (Å²) in [4.78, 5) is 10.8. The number of carbonyl (C=O) groups is 1. The van der Waals surface area contributed by atoms with Crippen LogP contribution in [0.3, 0.4) is 0 Å². The third-order valence-electron chi connectivity index (χ3n) is 3.64. The van der Waals surface area contributed by atoms with Crippen LogP contribution >= 0.6 is 0 Å². The van der Waals surface area contributed by atoms with Gasteiger partial charge >= 0.3 is 5.97 Å². The zero-order chi connectivity index (χ0) is 15.8. The minimum absolute atomic E-state index is 0.00275. The van der Waals surface area contributed by atoms with Gasteiger partial charge in [-0.15, -0.1) is 0 Å². The normalized spacial score (nSPS) is 24.0. The standard InChI is InChI=1S/C13H16FNO5S/c1-8-2-3-9(6-11(8)14)21(19,20)15-5-4-12(16)10(7-15)13(17)18/h2-3,6,10,12,16H,4-5,7H2,1H3,(H,17,18)/t10-,12-/m0/s1. The second-order valence-corrected chi connectivity index (χ2v) is 7.01. The summed E-state index contributed by atoms with van der Waals surface area (Å²) < 4.78 is 39.3. The Balaban J connectivity index is 2.31. The SMILES string of the molecule is Cc1ccc(S(=O)(=O)N2CC[C@H](O)[C@@H](C(=O)O)C2)cc1F. The van der Waals surface area contributed by atoms with Crippen molar-refractivity contribution < 1.29 is 27.8 Å². The minimum atomic E-state index is -3.97. The van der Waals surface area contributed by atoms with E-state index in [0.717, 1.165) is 10.4 Å². The van der Waals surface area contributed by atoms with Gasteiger partial charge in [-0.3, -0.25) is 4.79 Å². The molecule has 2 atom stereocenters. The van der Waals surface area contributed by atoms with Crippen molar-refractivity contribution in [3.8, 4) is 0 Å². The monoisotopic (exact) mass is 317 g/mol. The van der Waals surface area contributed by atoms with Gasteiger partial charge in [0.05, 0.1) is 16.9 Å². The second kappa shape index (κ2) is 5.70. The molecule has 1 aliphatic rings. The predicted molar refractivity (Wildman–Crippen MR) is 71.6 cm³/mol. The Morgan fingerprint density at radius 1 is 1.43 bits per heavy atom. The summed E-state index contributed by atoms with van der Waals surface area (Å²) >= 11 is 0. The van der Waals surface area contributed by atoms with Crippen LogP contribution in [0.15, 0.2) is 23.1 Å². The summed E-state index contributed by atoms with van der Waals surface area (Å²) in [6.07, 6.45) is -1.05. The van der Waals surface area contributed by atoms with Crippen molar-refractivity contribution >= 4 is 16.0 Å². The lowest BCUT2D eigenvalue weighted by atomic mass is 9.96. The van der Waals surface area contributed by atoms with E-state index in [1.54, 1.807) is 0 Å². The number of sulfonamides is 1. The van der Waals surface area contributed by atoms with Crippen LogP contribution in [0.5, 0.6) is 0 Å². The summed E-state index contributed by atoms with van der Waals surface area (Å²) in [5.41, 5.74) is 0.325. The molecule has 2 N–H and O–H groups in total. The molecular formula is C13H16FNO5S. The van der Waals surface area contributed by atoms with E-state index in [4.69, 9.17) is 5.11 Å². The topological polar surface area (TPSA) is 94.9 Å².